The topological polar surface area (TPSA) is 61.4 Å². The lowest BCUT2D eigenvalue weighted by Gasteiger charge is -2.15. The first-order valence-corrected chi connectivity index (χ1v) is 8.76. The van der Waals surface area contributed by atoms with Gasteiger partial charge in [0.05, 0.1) is 6.42 Å². The molecule has 5 nitrogen and oxygen atoms in total. The van der Waals surface area contributed by atoms with Gasteiger partial charge >= 0.3 is 6.03 Å². The number of thiophene rings is 1. The van der Waals surface area contributed by atoms with Gasteiger partial charge in [0.25, 0.3) is 0 Å². The molecule has 6 heteroatoms. The van der Waals surface area contributed by atoms with Crippen molar-refractivity contribution in [2.24, 2.45) is 0 Å². The Morgan fingerprint density at radius 1 is 1.21 bits per heavy atom. The predicted molar refractivity (Wildman–Crippen MR) is 98.6 cm³/mol. The molecule has 0 radical (unpaired) electrons. The number of nitrogens with one attached hydrogen (secondary N) is 2. The van der Waals surface area contributed by atoms with E-state index in [0.29, 0.717) is 12.2 Å². The standard InChI is InChI=1S/C18H23N3O2S/c1-13(15-8-9-24-12-15)11-19-18(23)20-16-7-5-4-6-14(16)10-17(22)21(2)3/h4-9,12-13H,10-11H2,1-3H3,(H2,19,20,23)/t13-/m0/s1. The van der Waals surface area contributed by atoms with Crippen molar-refractivity contribution in [3.8, 4) is 0 Å². The highest BCUT2D eigenvalue weighted by Gasteiger charge is 2.12. The fraction of sp³-hybridized carbons (Fsp3) is 0.333. The Labute approximate surface area is 146 Å². The van der Waals surface area contributed by atoms with Crippen LogP contribution in [0.3, 0.4) is 0 Å². The van der Waals surface area contributed by atoms with Crippen molar-refractivity contribution in [1.82, 2.24) is 10.2 Å². The van der Waals surface area contributed by atoms with Gasteiger partial charge in [-0.1, -0.05) is 25.1 Å². The number of anilines is 1. The fourth-order valence-corrected chi connectivity index (χ4v) is 2.99. The van der Waals surface area contributed by atoms with Crippen LogP contribution in [0.5, 0.6) is 0 Å². The van der Waals surface area contributed by atoms with Crippen molar-refractivity contribution in [2.75, 3.05) is 26.0 Å². The highest BCUT2D eigenvalue weighted by Crippen LogP contribution is 2.18. The highest BCUT2D eigenvalue weighted by atomic mass is 32.1. The number of likely N-dealkylation sites (N-methyl/N-ethyl adjacent to an activating group) is 1. The molecule has 1 heterocycles. The number of benzene rings is 1. The second-order valence-corrected chi connectivity index (χ2v) is 6.69. The minimum absolute atomic E-state index is 0.00395. The summed E-state index contributed by atoms with van der Waals surface area (Å²) in [6, 6.07) is 9.16. The molecule has 2 N–H and O–H groups in total. The fourth-order valence-electron chi connectivity index (χ4n) is 2.20. The van der Waals surface area contributed by atoms with E-state index in [-0.39, 0.29) is 24.3 Å². The van der Waals surface area contributed by atoms with Crippen LogP contribution in [-0.4, -0.2) is 37.5 Å². The summed E-state index contributed by atoms with van der Waals surface area (Å²) in [5, 5.41) is 9.84. The Bertz CT molecular complexity index is 683. The van der Waals surface area contributed by atoms with Crippen LogP contribution >= 0.6 is 11.3 Å². The summed E-state index contributed by atoms with van der Waals surface area (Å²) >= 11 is 1.65. The number of carbonyl (C=O) groups is 2. The van der Waals surface area contributed by atoms with Crippen LogP contribution in [-0.2, 0) is 11.2 Å². The average Bonchev–Trinajstić information content (AvgIpc) is 3.09. The second kappa shape index (κ2) is 8.49. The zero-order chi connectivity index (χ0) is 17.5. The molecule has 0 fully saturated rings. The molecule has 0 aliphatic heterocycles. The summed E-state index contributed by atoms with van der Waals surface area (Å²) in [4.78, 5) is 25.6. The molecular formula is C18H23N3O2S. The van der Waals surface area contributed by atoms with Gasteiger partial charge in [-0.15, -0.1) is 0 Å². The van der Waals surface area contributed by atoms with Gasteiger partial charge in [0, 0.05) is 26.3 Å². The molecule has 2 aromatic rings. The number of nitrogens with zero attached hydrogens (tertiary/aromatic N) is 1. The van der Waals surface area contributed by atoms with Gasteiger partial charge in [-0.05, 0) is 39.9 Å². The Kier molecular flexibility index (Phi) is 6.37. The third kappa shape index (κ3) is 5.09. The number of urea groups is 1. The summed E-state index contributed by atoms with van der Waals surface area (Å²) in [7, 11) is 3.44. The van der Waals surface area contributed by atoms with Crippen LogP contribution in [0.15, 0.2) is 41.1 Å². The lowest BCUT2D eigenvalue weighted by atomic mass is 10.1. The summed E-state index contributed by atoms with van der Waals surface area (Å²) in [6.45, 7) is 2.63. The summed E-state index contributed by atoms with van der Waals surface area (Å²) < 4.78 is 0. The van der Waals surface area contributed by atoms with E-state index in [2.05, 4.69) is 29.0 Å². The normalized spacial score (nSPS) is 11.6. The number of carbonyl (C=O) groups excluding carboxylic acids is 2. The zero-order valence-corrected chi connectivity index (χ0v) is 15.0. The molecule has 1 atom stereocenters. The van der Waals surface area contributed by atoms with E-state index in [0.717, 1.165) is 5.56 Å². The Hall–Kier alpha value is -2.34. The average molecular weight is 345 g/mol. The molecule has 3 amide bonds. The predicted octanol–water partition coefficient (Wildman–Crippen LogP) is 3.30. The SMILES string of the molecule is C[C@@H](CNC(=O)Nc1ccccc1CC(=O)N(C)C)c1ccsc1. The van der Waals surface area contributed by atoms with Gasteiger partial charge in [-0.2, -0.15) is 11.3 Å². The summed E-state index contributed by atoms with van der Waals surface area (Å²) in [5.74, 6) is 0.253. The lowest BCUT2D eigenvalue weighted by molar-refractivity contribution is -0.127. The van der Waals surface area contributed by atoms with E-state index in [1.165, 1.54) is 5.56 Å². The Balaban J connectivity index is 1.93. The maximum absolute atomic E-state index is 12.1. The number of rotatable bonds is 6. The number of hydrogen-bond acceptors (Lipinski definition) is 3. The van der Waals surface area contributed by atoms with Crippen LogP contribution < -0.4 is 10.6 Å². The summed E-state index contributed by atoms with van der Waals surface area (Å²) in [6.07, 6.45) is 0.259. The Morgan fingerprint density at radius 3 is 2.62 bits per heavy atom. The Morgan fingerprint density at radius 2 is 1.96 bits per heavy atom. The van der Waals surface area contributed by atoms with E-state index >= 15 is 0 Å². The molecule has 0 saturated heterocycles. The summed E-state index contributed by atoms with van der Waals surface area (Å²) in [5.41, 5.74) is 2.68. The molecule has 128 valence electrons. The van der Waals surface area contributed by atoms with E-state index in [1.54, 1.807) is 36.4 Å². The molecule has 0 saturated carbocycles. The van der Waals surface area contributed by atoms with Crippen molar-refractivity contribution >= 4 is 29.0 Å². The first-order valence-electron chi connectivity index (χ1n) is 7.82. The molecule has 0 aliphatic rings. The van der Waals surface area contributed by atoms with Crippen LogP contribution in [0.25, 0.3) is 0 Å². The van der Waals surface area contributed by atoms with Crippen LogP contribution in [0.4, 0.5) is 10.5 Å². The number of hydrogen-bond donors (Lipinski definition) is 2. The second-order valence-electron chi connectivity index (χ2n) is 5.91. The van der Waals surface area contributed by atoms with E-state index in [1.807, 2.05) is 23.6 Å². The third-order valence-electron chi connectivity index (χ3n) is 3.79. The van der Waals surface area contributed by atoms with Gasteiger partial charge in [0.1, 0.15) is 0 Å². The van der Waals surface area contributed by atoms with Gasteiger partial charge in [0.15, 0.2) is 0 Å². The van der Waals surface area contributed by atoms with Crippen molar-refractivity contribution in [3.63, 3.8) is 0 Å². The van der Waals surface area contributed by atoms with Gasteiger partial charge in [-0.25, -0.2) is 4.79 Å². The maximum Gasteiger partial charge on any atom is 0.319 e. The molecule has 0 unspecified atom stereocenters. The third-order valence-corrected chi connectivity index (χ3v) is 4.49. The van der Waals surface area contributed by atoms with Crippen molar-refractivity contribution < 1.29 is 9.59 Å². The molecule has 0 spiro atoms. The zero-order valence-electron chi connectivity index (χ0n) is 14.2. The molecule has 24 heavy (non-hydrogen) atoms. The molecule has 0 bridgehead atoms. The molecular weight excluding hydrogens is 322 g/mol. The monoisotopic (exact) mass is 345 g/mol. The lowest BCUT2D eigenvalue weighted by Crippen LogP contribution is -2.32. The quantitative estimate of drug-likeness (QED) is 0.844. The minimum atomic E-state index is -0.262. The van der Waals surface area contributed by atoms with Crippen LogP contribution in [0.1, 0.15) is 24.0 Å². The van der Waals surface area contributed by atoms with Crippen LogP contribution in [0, 0.1) is 0 Å². The smallest absolute Gasteiger partial charge is 0.319 e. The van der Waals surface area contributed by atoms with Crippen LogP contribution in [0.2, 0.25) is 0 Å². The highest BCUT2D eigenvalue weighted by molar-refractivity contribution is 7.07. The molecule has 0 aliphatic carbocycles. The van der Waals surface area contributed by atoms with Crippen molar-refractivity contribution in [2.45, 2.75) is 19.3 Å². The van der Waals surface area contributed by atoms with Crippen molar-refractivity contribution in [3.05, 3.63) is 52.2 Å². The minimum Gasteiger partial charge on any atom is -0.349 e. The number of para-hydroxylation sites is 1. The first kappa shape index (κ1) is 18.0. The number of amides is 3. The first-order chi connectivity index (χ1) is 11.5. The molecule has 2 rings (SSSR count). The van der Waals surface area contributed by atoms with E-state index in [4.69, 9.17) is 0 Å². The van der Waals surface area contributed by atoms with E-state index in [9.17, 15) is 9.59 Å². The largest absolute Gasteiger partial charge is 0.349 e. The van der Waals surface area contributed by atoms with Crippen molar-refractivity contribution in [1.29, 1.82) is 0 Å². The van der Waals surface area contributed by atoms with Gasteiger partial charge in [0.2, 0.25) is 5.91 Å². The van der Waals surface area contributed by atoms with Gasteiger partial charge in [-0.3, -0.25) is 4.79 Å². The maximum atomic E-state index is 12.1. The molecule has 1 aromatic carbocycles. The van der Waals surface area contributed by atoms with Gasteiger partial charge < -0.3 is 15.5 Å². The van der Waals surface area contributed by atoms with E-state index < -0.39 is 0 Å². The molecule has 1 aromatic heterocycles.